The van der Waals surface area contributed by atoms with Gasteiger partial charge in [0.1, 0.15) is 45.9 Å². The monoisotopic (exact) mass is 482 g/mol. The molecule has 0 aliphatic heterocycles. The first kappa shape index (κ1) is 23.9. The molecule has 0 aromatic heterocycles. The quantitative estimate of drug-likeness (QED) is 0.134. The Morgan fingerprint density at radius 2 is 0.778 bits per heavy atom. The first-order valence-corrected chi connectivity index (χ1v) is 10.8. The van der Waals surface area contributed by atoms with Crippen molar-refractivity contribution in [3.8, 4) is 34.5 Å². The highest BCUT2D eigenvalue weighted by Gasteiger charge is 2.12. The van der Waals surface area contributed by atoms with Gasteiger partial charge in [-0.15, -0.1) is 10.2 Å². The number of rotatable bonds is 6. The minimum atomic E-state index is -0.330. The number of phenolic OH excluding ortho intramolecular Hbond substituents is 6. The molecule has 0 aliphatic carbocycles. The molecule has 4 aromatic carbocycles. The predicted octanol–water partition coefficient (Wildman–Crippen LogP) is 6.68. The molecule has 4 rings (SSSR count). The highest BCUT2D eigenvalue weighted by atomic mass is 16.3. The Kier molecular flexibility index (Phi) is 6.87. The molecule has 0 fully saturated rings. The summed E-state index contributed by atoms with van der Waals surface area (Å²) in [5.74, 6) is -0.767. The molecule has 8 heteroatoms. The summed E-state index contributed by atoms with van der Waals surface area (Å²) < 4.78 is 0. The van der Waals surface area contributed by atoms with Crippen LogP contribution in [0.3, 0.4) is 0 Å². The number of azo groups is 1. The van der Waals surface area contributed by atoms with Gasteiger partial charge in [-0.3, -0.25) is 0 Å². The molecule has 0 aliphatic rings. The molecule has 180 valence electrons. The normalized spacial score (nSPS) is 11.7. The predicted molar refractivity (Wildman–Crippen MR) is 138 cm³/mol. The molecule has 4 aromatic rings. The van der Waals surface area contributed by atoms with Crippen LogP contribution < -0.4 is 0 Å². The van der Waals surface area contributed by atoms with E-state index in [2.05, 4.69) is 10.2 Å². The summed E-state index contributed by atoms with van der Waals surface area (Å²) in [5.41, 5.74) is 2.31. The van der Waals surface area contributed by atoms with Gasteiger partial charge in [-0.2, -0.15) is 0 Å². The highest BCUT2D eigenvalue weighted by Crippen LogP contribution is 2.40. The van der Waals surface area contributed by atoms with Crippen LogP contribution in [0, 0.1) is 0 Å². The van der Waals surface area contributed by atoms with Crippen molar-refractivity contribution in [2.45, 2.75) is 0 Å². The number of hydrogen-bond donors (Lipinski definition) is 6. The van der Waals surface area contributed by atoms with Gasteiger partial charge in [0.25, 0.3) is 0 Å². The molecule has 0 bridgehead atoms. The van der Waals surface area contributed by atoms with E-state index in [0.717, 1.165) is 23.3 Å². The summed E-state index contributed by atoms with van der Waals surface area (Å²) in [5, 5.41) is 67.9. The molecule has 0 radical (unpaired) electrons. The molecule has 0 saturated carbocycles. The molecule has 0 saturated heterocycles. The van der Waals surface area contributed by atoms with Gasteiger partial charge in [-0.1, -0.05) is 48.6 Å². The van der Waals surface area contributed by atoms with Gasteiger partial charge in [-0.05, 0) is 47.5 Å². The Labute approximate surface area is 206 Å². The van der Waals surface area contributed by atoms with Crippen LogP contribution in [0.5, 0.6) is 34.5 Å². The molecule has 0 spiro atoms. The number of benzene rings is 4. The number of aromatic hydroxyl groups is 6. The van der Waals surface area contributed by atoms with Gasteiger partial charge < -0.3 is 30.6 Å². The summed E-state index contributed by atoms with van der Waals surface area (Å²) in [6.07, 6.45) is 6.64. The number of nitrogens with zero attached hydrogens (tertiary/aromatic N) is 2. The third-order valence-corrected chi connectivity index (χ3v) is 5.15. The Bertz CT molecular complexity index is 1360. The lowest BCUT2D eigenvalue weighted by Gasteiger charge is -2.07. The Morgan fingerprint density at radius 1 is 0.417 bits per heavy atom. The maximum Gasteiger partial charge on any atom is 0.147 e. The van der Waals surface area contributed by atoms with Crippen LogP contribution in [0.2, 0.25) is 0 Å². The van der Waals surface area contributed by atoms with Crippen LogP contribution >= 0.6 is 0 Å². The van der Waals surface area contributed by atoms with Gasteiger partial charge >= 0.3 is 0 Å². The highest BCUT2D eigenvalue weighted by molar-refractivity contribution is 5.81. The first-order chi connectivity index (χ1) is 17.3. The van der Waals surface area contributed by atoms with Gasteiger partial charge in [0.2, 0.25) is 0 Å². The molecular formula is C28H22N2O6. The number of phenols is 6. The average molecular weight is 482 g/mol. The topological polar surface area (TPSA) is 146 Å². The van der Waals surface area contributed by atoms with Crippen molar-refractivity contribution < 1.29 is 30.6 Å². The summed E-state index contributed by atoms with van der Waals surface area (Å²) in [6.45, 7) is 0. The van der Waals surface area contributed by atoms with E-state index in [1.165, 1.54) is 36.4 Å². The van der Waals surface area contributed by atoms with Gasteiger partial charge in [0, 0.05) is 23.3 Å². The third-order valence-electron chi connectivity index (χ3n) is 5.15. The van der Waals surface area contributed by atoms with E-state index in [0.29, 0.717) is 11.1 Å². The fraction of sp³-hybridized carbons (Fsp3) is 0. The molecule has 36 heavy (non-hydrogen) atoms. The van der Waals surface area contributed by atoms with E-state index in [9.17, 15) is 30.6 Å². The Morgan fingerprint density at radius 3 is 1.14 bits per heavy atom. The molecule has 8 nitrogen and oxygen atoms in total. The van der Waals surface area contributed by atoms with E-state index in [1.54, 1.807) is 48.6 Å². The summed E-state index contributed by atoms with van der Waals surface area (Å²) in [4.78, 5) is 0. The standard InChI is InChI=1S/C28H22N2O6/c31-21-9-3-17(4-10-21)1-7-19-13-23(33)15-25(35)27(19)29-30-28-20(14-24(34)16-26(28)36)8-2-18-5-11-22(32)12-6-18/h1-16,31-36H/b7-1+,8-2+,30-29?. The second kappa shape index (κ2) is 10.4. The maximum atomic E-state index is 10.4. The van der Waals surface area contributed by atoms with Crippen LogP contribution in [-0.4, -0.2) is 30.6 Å². The zero-order chi connectivity index (χ0) is 25.7. The lowest BCUT2D eigenvalue weighted by molar-refractivity contribution is 0.449. The van der Waals surface area contributed by atoms with Gasteiger partial charge in [0.05, 0.1) is 0 Å². The van der Waals surface area contributed by atoms with Gasteiger partial charge in [0.15, 0.2) is 0 Å². The molecule has 0 amide bonds. The summed E-state index contributed by atoms with van der Waals surface area (Å²) in [6, 6.07) is 17.9. The van der Waals surface area contributed by atoms with Crippen LogP contribution in [0.15, 0.2) is 83.0 Å². The van der Waals surface area contributed by atoms with E-state index in [-0.39, 0.29) is 45.9 Å². The maximum absolute atomic E-state index is 10.4. The van der Waals surface area contributed by atoms with Crippen LogP contribution in [-0.2, 0) is 0 Å². The SMILES string of the molecule is Oc1ccc(/C=C/c2cc(O)cc(O)c2N=Nc2c(O)cc(O)cc2/C=C/c2ccc(O)cc2)cc1. The Balaban J connectivity index is 1.71. The molecule has 6 N–H and O–H groups in total. The zero-order valence-electron chi connectivity index (χ0n) is 18.8. The average Bonchev–Trinajstić information content (AvgIpc) is 2.83. The van der Waals surface area contributed by atoms with Crippen molar-refractivity contribution in [3.63, 3.8) is 0 Å². The number of hydrogen-bond acceptors (Lipinski definition) is 8. The van der Waals surface area contributed by atoms with Crippen molar-refractivity contribution in [1.82, 2.24) is 0 Å². The van der Waals surface area contributed by atoms with Gasteiger partial charge in [-0.25, -0.2) is 0 Å². The largest absolute Gasteiger partial charge is 0.508 e. The molecular weight excluding hydrogens is 460 g/mol. The Hall–Kier alpha value is -5.24. The zero-order valence-corrected chi connectivity index (χ0v) is 18.8. The fourth-order valence-corrected chi connectivity index (χ4v) is 3.37. The second-order valence-electron chi connectivity index (χ2n) is 7.86. The van der Waals surface area contributed by atoms with E-state index >= 15 is 0 Å². The molecule has 0 atom stereocenters. The molecule has 0 heterocycles. The van der Waals surface area contributed by atoms with E-state index < -0.39 is 0 Å². The van der Waals surface area contributed by atoms with Crippen molar-refractivity contribution in [2.75, 3.05) is 0 Å². The van der Waals surface area contributed by atoms with E-state index in [4.69, 9.17) is 0 Å². The van der Waals surface area contributed by atoms with Crippen molar-refractivity contribution in [2.24, 2.45) is 10.2 Å². The minimum Gasteiger partial charge on any atom is -0.508 e. The first-order valence-electron chi connectivity index (χ1n) is 10.8. The van der Waals surface area contributed by atoms with Crippen LogP contribution in [0.25, 0.3) is 24.3 Å². The summed E-state index contributed by atoms with van der Waals surface area (Å²) >= 11 is 0. The molecule has 0 unspecified atom stereocenters. The van der Waals surface area contributed by atoms with Crippen molar-refractivity contribution in [1.29, 1.82) is 0 Å². The lowest BCUT2D eigenvalue weighted by Crippen LogP contribution is -1.80. The second-order valence-corrected chi connectivity index (χ2v) is 7.86. The lowest BCUT2D eigenvalue weighted by atomic mass is 10.1. The van der Waals surface area contributed by atoms with Crippen molar-refractivity contribution in [3.05, 3.63) is 95.1 Å². The van der Waals surface area contributed by atoms with Crippen LogP contribution in [0.4, 0.5) is 11.4 Å². The minimum absolute atomic E-state index is 0.0452. The van der Waals surface area contributed by atoms with E-state index in [1.807, 2.05) is 0 Å². The third kappa shape index (κ3) is 5.81. The fourth-order valence-electron chi connectivity index (χ4n) is 3.37. The summed E-state index contributed by atoms with van der Waals surface area (Å²) in [7, 11) is 0. The van der Waals surface area contributed by atoms with Crippen LogP contribution in [0.1, 0.15) is 22.3 Å². The van der Waals surface area contributed by atoms with Crippen molar-refractivity contribution >= 4 is 35.7 Å². The smallest absolute Gasteiger partial charge is 0.147 e.